The lowest BCUT2D eigenvalue weighted by Crippen LogP contribution is -2.35. The first-order valence-corrected chi connectivity index (χ1v) is 13.2. The Morgan fingerprint density at radius 1 is 1.16 bits per heavy atom. The fourth-order valence-electron chi connectivity index (χ4n) is 3.48. The summed E-state index contributed by atoms with van der Waals surface area (Å²) in [6, 6.07) is 6.42. The number of rotatable bonds is 10. The van der Waals surface area contributed by atoms with Crippen LogP contribution in [0.4, 0.5) is 5.69 Å². The zero-order valence-corrected chi connectivity index (χ0v) is 19.8. The highest BCUT2D eigenvalue weighted by Crippen LogP contribution is 2.31. The van der Waals surface area contributed by atoms with Gasteiger partial charge in [0.25, 0.3) is 5.91 Å². The van der Waals surface area contributed by atoms with Gasteiger partial charge in [-0.25, -0.2) is 8.42 Å². The van der Waals surface area contributed by atoms with Crippen LogP contribution in [-0.4, -0.2) is 50.8 Å². The Hall–Kier alpha value is -2.43. The van der Waals surface area contributed by atoms with Crippen molar-refractivity contribution in [3.05, 3.63) is 40.6 Å². The number of ether oxygens (including phenoxy) is 1. The SMILES string of the molecule is CCOc1ccc(NC(=O)CCCNC(=O)c2ccsc2)cc1S(=O)(=O)N1CCCCC1. The highest BCUT2D eigenvalue weighted by Gasteiger charge is 2.29. The Labute approximate surface area is 193 Å². The second kappa shape index (κ2) is 11.4. The van der Waals surface area contributed by atoms with Gasteiger partial charge in [-0.1, -0.05) is 6.42 Å². The number of benzene rings is 1. The standard InChI is InChI=1S/C22H29N3O5S2/c1-2-30-19-9-8-18(15-20(19)32(28,29)25-12-4-3-5-13-25)24-21(26)7-6-11-23-22(27)17-10-14-31-16-17/h8-10,14-16H,2-7,11-13H2,1H3,(H,23,27)(H,24,26). The van der Waals surface area contributed by atoms with Gasteiger partial charge >= 0.3 is 0 Å². The summed E-state index contributed by atoms with van der Waals surface area (Å²) < 4.78 is 33.4. The Morgan fingerprint density at radius 3 is 2.62 bits per heavy atom. The summed E-state index contributed by atoms with van der Waals surface area (Å²) in [5, 5.41) is 9.13. The predicted molar refractivity (Wildman–Crippen MR) is 125 cm³/mol. The van der Waals surface area contributed by atoms with Crippen molar-refractivity contribution >= 4 is 38.9 Å². The van der Waals surface area contributed by atoms with Crippen molar-refractivity contribution in [1.82, 2.24) is 9.62 Å². The zero-order valence-electron chi connectivity index (χ0n) is 18.1. The van der Waals surface area contributed by atoms with Crippen molar-refractivity contribution in [2.45, 2.75) is 43.9 Å². The van der Waals surface area contributed by atoms with E-state index in [9.17, 15) is 18.0 Å². The summed E-state index contributed by atoms with van der Waals surface area (Å²) in [6.45, 7) is 3.48. The third-order valence-electron chi connectivity index (χ3n) is 5.11. The fourth-order valence-corrected chi connectivity index (χ4v) is 5.79. The lowest BCUT2D eigenvalue weighted by atomic mass is 10.2. The van der Waals surface area contributed by atoms with Crippen molar-refractivity contribution in [3.63, 3.8) is 0 Å². The van der Waals surface area contributed by atoms with Crippen LogP contribution in [0, 0.1) is 0 Å². The number of thiophene rings is 1. The van der Waals surface area contributed by atoms with Gasteiger partial charge in [0.1, 0.15) is 10.6 Å². The maximum atomic E-state index is 13.2. The Kier molecular flexibility index (Phi) is 8.66. The number of hydrogen-bond acceptors (Lipinski definition) is 6. The van der Waals surface area contributed by atoms with Crippen LogP contribution >= 0.6 is 11.3 Å². The first-order valence-electron chi connectivity index (χ1n) is 10.8. The van der Waals surface area contributed by atoms with E-state index in [1.165, 1.54) is 21.7 Å². The predicted octanol–water partition coefficient (Wildman–Crippen LogP) is 3.47. The molecule has 1 aromatic carbocycles. The number of piperidine rings is 1. The summed E-state index contributed by atoms with van der Waals surface area (Å²) in [6.07, 6.45) is 3.36. The maximum Gasteiger partial charge on any atom is 0.252 e. The summed E-state index contributed by atoms with van der Waals surface area (Å²) in [7, 11) is -3.71. The molecule has 0 atom stereocenters. The number of nitrogens with zero attached hydrogens (tertiary/aromatic N) is 1. The smallest absolute Gasteiger partial charge is 0.252 e. The second-order valence-corrected chi connectivity index (χ2v) is 10.2. The van der Waals surface area contributed by atoms with Crippen LogP contribution in [0.5, 0.6) is 5.75 Å². The molecule has 174 valence electrons. The van der Waals surface area contributed by atoms with E-state index in [2.05, 4.69) is 10.6 Å². The van der Waals surface area contributed by atoms with Gasteiger partial charge in [0.05, 0.1) is 6.61 Å². The number of hydrogen-bond donors (Lipinski definition) is 2. The van der Waals surface area contributed by atoms with Crippen LogP contribution in [-0.2, 0) is 14.8 Å². The molecule has 0 saturated carbocycles. The van der Waals surface area contributed by atoms with Crippen LogP contribution in [0.15, 0.2) is 39.9 Å². The molecule has 1 aliphatic heterocycles. The molecule has 32 heavy (non-hydrogen) atoms. The minimum atomic E-state index is -3.71. The van der Waals surface area contributed by atoms with Crippen LogP contribution in [0.25, 0.3) is 0 Å². The van der Waals surface area contributed by atoms with E-state index in [-0.39, 0.29) is 28.9 Å². The Balaban J connectivity index is 1.60. The molecule has 2 heterocycles. The van der Waals surface area contributed by atoms with Crippen molar-refractivity contribution in [2.24, 2.45) is 0 Å². The zero-order chi connectivity index (χ0) is 23.0. The van der Waals surface area contributed by atoms with E-state index in [1.54, 1.807) is 30.5 Å². The Bertz CT molecular complexity index is 1020. The number of amides is 2. The molecule has 2 aromatic rings. The molecule has 2 amide bonds. The van der Waals surface area contributed by atoms with Crippen LogP contribution in [0.2, 0.25) is 0 Å². The van der Waals surface area contributed by atoms with Crippen molar-refractivity contribution in [3.8, 4) is 5.75 Å². The molecule has 8 nitrogen and oxygen atoms in total. The minimum Gasteiger partial charge on any atom is -0.492 e. The van der Waals surface area contributed by atoms with Gasteiger partial charge in [-0.15, -0.1) is 0 Å². The molecule has 1 aromatic heterocycles. The fraction of sp³-hybridized carbons (Fsp3) is 0.455. The topological polar surface area (TPSA) is 105 Å². The van der Waals surface area contributed by atoms with Gasteiger partial charge in [0.15, 0.2) is 0 Å². The number of nitrogens with one attached hydrogen (secondary N) is 2. The highest BCUT2D eigenvalue weighted by atomic mass is 32.2. The summed E-state index contributed by atoms with van der Waals surface area (Å²) in [4.78, 5) is 24.3. The number of carbonyl (C=O) groups is 2. The number of carbonyl (C=O) groups excluding carboxylic acids is 2. The Morgan fingerprint density at radius 2 is 1.94 bits per heavy atom. The lowest BCUT2D eigenvalue weighted by Gasteiger charge is -2.27. The average Bonchev–Trinajstić information content (AvgIpc) is 3.33. The van der Waals surface area contributed by atoms with E-state index < -0.39 is 10.0 Å². The van der Waals surface area contributed by atoms with Crippen LogP contribution in [0.1, 0.15) is 49.4 Å². The highest BCUT2D eigenvalue weighted by molar-refractivity contribution is 7.89. The van der Waals surface area contributed by atoms with Gasteiger partial charge in [-0.05, 0) is 55.8 Å². The van der Waals surface area contributed by atoms with E-state index in [4.69, 9.17) is 4.74 Å². The maximum absolute atomic E-state index is 13.2. The molecule has 1 aliphatic rings. The minimum absolute atomic E-state index is 0.0714. The third-order valence-corrected chi connectivity index (χ3v) is 7.71. The number of sulfonamides is 1. The molecule has 0 aliphatic carbocycles. The molecular formula is C22H29N3O5S2. The first-order chi connectivity index (χ1) is 15.4. The van der Waals surface area contributed by atoms with Crippen molar-refractivity contribution < 1.29 is 22.7 Å². The summed E-state index contributed by atoms with van der Waals surface area (Å²) in [5.74, 6) is -0.127. The largest absolute Gasteiger partial charge is 0.492 e. The quantitative estimate of drug-likeness (QED) is 0.508. The van der Waals surface area contributed by atoms with Gasteiger partial charge in [0.2, 0.25) is 15.9 Å². The van der Waals surface area contributed by atoms with E-state index >= 15 is 0 Å². The van der Waals surface area contributed by atoms with Gasteiger partial charge in [-0.2, -0.15) is 15.6 Å². The molecule has 0 spiro atoms. The molecule has 0 unspecified atom stereocenters. The van der Waals surface area contributed by atoms with Gasteiger partial charge < -0.3 is 15.4 Å². The third kappa shape index (κ3) is 6.30. The molecule has 2 N–H and O–H groups in total. The molecule has 10 heteroatoms. The summed E-state index contributed by atoms with van der Waals surface area (Å²) >= 11 is 1.45. The molecular weight excluding hydrogens is 450 g/mol. The van der Waals surface area contributed by atoms with Crippen molar-refractivity contribution in [2.75, 3.05) is 31.6 Å². The van der Waals surface area contributed by atoms with E-state index in [0.717, 1.165) is 19.3 Å². The molecule has 0 radical (unpaired) electrons. The van der Waals surface area contributed by atoms with Crippen molar-refractivity contribution in [1.29, 1.82) is 0 Å². The molecule has 1 saturated heterocycles. The van der Waals surface area contributed by atoms with E-state index in [0.29, 0.717) is 43.9 Å². The molecule has 3 rings (SSSR count). The number of anilines is 1. The monoisotopic (exact) mass is 479 g/mol. The summed E-state index contributed by atoms with van der Waals surface area (Å²) in [5.41, 5.74) is 1.01. The van der Waals surface area contributed by atoms with Crippen LogP contribution < -0.4 is 15.4 Å². The van der Waals surface area contributed by atoms with Gasteiger partial charge in [0, 0.05) is 42.7 Å². The van der Waals surface area contributed by atoms with E-state index in [1.807, 2.05) is 5.38 Å². The normalized spacial score (nSPS) is 14.7. The van der Waals surface area contributed by atoms with Crippen LogP contribution in [0.3, 0.4) is 0 Å². The molecule has 0 bridgehead atoms. The molecule has 1 fully saturated rings. The lowest BCUT2D eigenvalue weighted by molar-refractivity contribution is -0.116. The van der Waals surface area contributed by atoms with Gasteiger partial charge in [-0.3, -0.25) is 9.59 Å². The second-order valence-electron chi connectivity index (χ2n) is 7.48. The average molecular weight is 480 g/mol. The first kappa shape index (κ1) is 24.2.